The van der Waals surface area contributed by atoms with Crippen LogP contribution < -0.4 is 15.2 Å². The van der Waals surface area contributed by atoms with Crippen LogP contribution in [0.2, 0.25) is 0 Å². The van der Waals surface area contributed by atoms with Crippen LogP contribution >= 0.6 is 12.4 Å². The summed E-state index contributed by atoms with van der Waals surface area (Å²) >= 11 is 0. The van der Waals surface area contributed by atoms with Crippen molar-refractivity contribution in [1.82, 2.24) is 4.72 Å². The van der Waals surface area contributed by atoms with Crippen molar-refractivity contribution >= 4 is 38.1 Å². The summed E-state index contributed by atoms with van der Waals surface area (Å²) in [6.45, 7) is 0.388. The second-order valence-electron chi connectivity index (χ2n) is 6.02. The summed E-state index contributed by atoms with van der Waals surface area (Å²) in [6, 6.07) is 2.78. The van der Waals surface area contributed by atoms with Crippen LogP contribution in [0.25, 0.3) is 0 Å². The Morgan fingerprint density at radius 1 is 1.20 bits per heavy atom. The monoisotopic (exact) mass is 415 g/mol. The summed E-state index contributed by atoms with van der Waals surface area (Å²) < 4.78 is 65.8. The Balaban J connectivity index is 0.00000312. The van der Waals surface area contributed by atoms with E-state index in [0.29, 0.717) is 13.0 Å². The normalized spacial score (nSPS) is 21.4. The van der Waals surface area contributed by atoms with Crippen LogP contribution in [0.3, 0.4) is 0 Å². The van der Waals surface area contributed by atoms with E-state index in [0.717, 1.165) is 37.7 Å². The highest BCUT2D eigenvalue weighted by Crippen LogP contribution is 2.26. The van der Waals surface area contributed by atoms with Gasteiger partial charge in [0.05, 0.1) is 16.8 Å². The molecule has 2 atom stereocenters. The van der Waals surface area contributed by atoms with Gasteiger partial charge in [0.15, 0.2) is 0 Å². The first-order chi connectivity index (χ1) is 11.1. The maximum Gasteiger partial charge on any atom is 0.240 e. The first-order valence-electron chi connectivity index (χ1n) is 7.62. The van der Waals surface area contributed by atoms with Crippen molar-refractivity contribution in [3.05, 3.63) is 24.0 Å². The fourth-order valence-corrected chi connectivity index (χ4v) is 4.77. The molecule has 7 nitrogen and oxygen atoms in total. The van der Waals surface area contributed by atoms with Gasteiger partial charge in [0.25, 0.3) is 0 Å². The summed E-state index contributed by atoms with van der Waals surface area (Å²) in [5.41, 5.74) is 5.40. The maximum absolute atomic E-state index is 14.0. The SMILES string of the molecule is CS(=O)(=O)Nc1ccc(S(=O)(=O)NC2CCCCC2CN)cc1F.Cl. The van der Waals surface area contributed by atoms with Crippen LogP contribution in [0.5, 0.6) is 0 Å². The van der Waals surface area contributed by atoms with E-state index in [1.165, 1.54) is 6.07 Å². The zero-order valence-electron chi connectivity index (χ0n) is 13.7. The van der Waals surface area contributed by atoms with Crippen molar-refractivity contribution in [3.8, 4) is 0 Å². The molecule has 1 fully saturated rings. The van der Waals surface area contributed by atoms with E-state index in [2.05, 4.69) is 4.72 Å². The van der Waals surface area contributed by atoms with Crippen LogP contribution in [-0.2, 0) is 20.0 Å². The van der Waals surface area contributed by atoms with Gasteiger partial charge >= 0.3 is 0 Å². The Morgan fingerprint density at radius 2 is 1.84 bits per heavy atom. The Morgan fingerprint density at radius 3 is 2.40 bits per heavy atom. The highest BCUT2D eigenvalue weighted by Gasteiger charge is 2.29. The van der Waals surface area contributed by atoms with Crippen molar-refractivity contribution in [1.29, 1.82) is 0 Å². The largest absolute Gasteiger partial charge is 0.330 e. The van der Waals surface area contributed by atoms with Gasteiger partial charge in [0.2, 0.25) is 20.0 Å². The first kappa shape index (κ1) is 22.1. The molecule has 25 heavy (non-hydrogen) atoms. The quantitative estimate of drug-likeness (QED) is 0.649. The molecule has 0 saturated heterocycles. The second kappa shape index (κ2) is 8.63. The topological polar surface area (TPSA) is 118 Å². The third kappa shape index (κ3) is 6.07. The van der Waals surface area contributed by atoms with Crippen molar-refractivity contribution in [2.75, 3.05) is 17.5 Å². The molecule has 0 bridgehead atoms. The number of hydrogen-bond acceptors (Lipinski definition) is 5. The highest BCUT2D eigenvalue weighted by atomic mass is 35.5. The highest BCUT2D eigenvalue weighted by molar-refractivity contribution is 7.92. The molecule has 0 aliphatic heterocycles. The molecule has 0 aromatic heterocycles. The lowest BCUT2D eigenvalue weighted by atomic mass is 9.85. The summed E-state index contributed by atoms with van der Waals surface area (Å²) in [5, 5.41) is 0. The standard InChI is InChI=1S/C14H22FN3O4S2.ClH/c1-23(19,20)17-14-7-6-11(8-12(14)15)24(21,22)18-13-5-3-2-4-10(13)9-16;/h6-8,10,13,17-18H,2-5,9,16H2,1H3;1H. The van der Waals surface area contributed by atoms with Crippen molar-refractivity contribution < 1.29 is 21.2 Å². The minimum Gasteiger partial charge on any atom is -0.330 e. The molecule has 1 saturated carbocycles. The zero-order valence-corrected chi connectivity index (χ0v) is 16.2. The summed E-state index contributed by atoms with van der Waals surface area (Å²) in [7, 11) is -7.56. The molecule has 2 rings (SSSR count). The van der Waals surface area contributed by atoms with Crippen LogP contribution in [0.15, 0.2) is 23.1 Å². The molecule has 0 spiro atoms. The van der Waals surface area contributed by atoms with E-state index in [1.54, 1.807) is 0 Å². The number of benzene rings is 1. The van der Waals surface area contributed by atoms with Crippen LogP contribution in [0.1, 0.15) is 25.7 Å². The molecule has 0 heterocycles. The molecule has 0 amide bonds. The Hall–Kier alpha value is -0.940. The van der Waals surface area contributed by atoms with Gasteiger partial charge in [0.1, 0.15) is 5.82 Å². The molecular weight excluding hydrogens is 393 g/mol. The molecular formula is C14H23ClFN3O4S2. The average molecular weight is 416 g/mol. The van der Waals surface area contributed by atoms with E-state index in [1.807, 2.05) is 4.72 Å². The van der Waals surface area contributed by atoms with Crippen LogP contribution in [0, 0.1) is 11.7 Å². The smallest absolute Gasteiger partial charge is 0.240 e. The average Bonchev–Trinajstić information content (AvgIpc) is 2.48. The van der Waals surface area contributed by atoms with E-state index in [9.17, 15) is 21.2 Å². The van der Waals surface area contributed by atoms with Gasteiger partial charge in [-0.1, -0.05) is 12.8 Å². The lowest BCUT2D eigenvalue weighted by Gasteiger charge is -2.31. The molecule has 2 unspecified atom stereocenters. The molecule has 1 aliphatic rings. The summed E-state index contributed by atoms with van der Waals surface area (Å²) in [4.78, 5) is -0.250. The molecule has 1 aromatic rings. The van der Waals surface area contributed by atoms with Crippen molar-refractivity contribution in [2.24, 2.45) is 11.7 Å². The van der Waals surface area contributed by atoms with Gasteiger partial charge in [-0.2, -0.15) is 0 Å². The van der Waals surface area contributed by atoms with Gasteiger partial charge in [-0.05, 0) is 43.5 Å². The molecule has 0 radical (unpaired) electrons. The van der Waals surface area contributed by atoms with Crippen molar-refractivity contribution in [2.45, 2.75) is 36.6 Å². The Bertz CT molecular complexity index is 802. The molecule has 1 aliphatic carbocycles. The van der Waals surface area contributed by atoms with Crippen LogP contribution in [-0.4, -0.2) is 35.7 Å². The van der Waals surface area contributed by atoms with E-state index in [-0.39, 0.29) is 34.9 Å². The fourth-order valence-electron chi connectivity index (χ4n) is 2.86. The maximum atomic E-state index is 14.0. The summed E-state index contributed by atoms with van der Waals surface area (Å²) in [6.07, 6.45) is 4.36. The first-order valence-corrected chi connectivity index (χ1v) is 11.0. The number of rotatable bonds is 6. The van der Waals surface area contributed by atoms with Gasteiger partial charge in [-0.3, -0.25) is 4.72 Å². The Kier molecular flexibility index (Phi) is 7.63. The predicted octanol–water partition coefficient (Wildman–Crippen LogP) is 1.41. The lowest BCUT2D eigenvalue weighted by Crippen LogP contribution is -2.44. The minimum atomic E-state index is -3.91. The van der Waals surface area contributed by atoms with Crippen LogP contribution in [0.4, 0.5) is 10.1 Å². The molecule has 1 aromatic carbocycles. The minimum absolute atomic E-state index is 0. The number of nitrogens with one attached hydrogen (secondary N) is 2. The molecule has 144 valence electrons. The van der Waals surface area contributed by atoms with E-state index < -0.39 is 25.9 Å². The second-order valence-corrected chi connectivity index (χ2v) is 9.49. The predicted molar refractivity (Wildman–Crippen MR) is 97.2 cm³/mol. The van der Waals surface area contributed by atoms with Gasteiger partial charge in [-0.25, -0.2) is 25.9 Å². The number of nitrogens with two attached hydrogens (primary N) is 1. The van der Waals surface area contributed by atoms with E-state index >= 15 is 0 Å². The molecule has 11 heteroatoms. The summed E-state index contributed by atoms with van der Waals surface area (Å²) in [5.74, 6) is -0.896. The number of anilines is 1. The number of halogens is 2. The van der Waals surface area contributed by atoms with Gasteiger partial charge < -0.3 is 5.73 Å². The third-order valence-electron chi connectivity index (χ3n) is 4.06. The number of hydrogen-bond donors (Lipinski definition) is 3. The Labute approximate surface area is 154 Å². The van der Waals surface area contributed by atoms with Gasteiger partial charge in [0, 0.05) is 6.04 Å². The zero-order chi connectivity index (χ0) is 18.0. The lowest BCUT2D eigenvalue weighted by molar-refractivity contribution is 0.296. The number of sulfonamides is 2. The molecule has 4 N–H and O–H groups in total. The fraction of sp³-hybridized carbons (Fsp3) is 0.571. The third-order valence-corrected chi connectivity index (χ3v) is 6.14. The van der Waals surface area contributed by atoms with Crippen molar-refractivity contribution in [3.63, 3.8) is 0 Å². The van der Waals surface area contributed by atoms with Gasteiger partial charge in [-0.15, -0.1) is 12.4 Å². The van der Waals surface area contributed by atoms with E-state index in [4.69, 9.17) is 5.73 Å².